The van der Waals surface area contributed by atoms with Crippen LogP contribution in [0.3, 0.4) is 0 Å². The molecule has 0 aliphatic heterocycles. The minimum atomic E-state index is -3.34. The predicted octanol–water partition coefficient (Wildman–Crippen LogP) is 1.74. The molecule has 0 unspecified atom stereocenters. The van der Waals surface area contributed by atoms with Gasteiger partial charge in [0.25, 0.3) is 0 Å². The molecular weight excluding hydrogens is 276 g/mol. The fourth-order valence-electron chi connectivity index (χ4n) is 1.49. The average Bonchev–Trinajstić information content (AvgIpc) is 2.77. The average molecular weight is 285 g/mol. The van der Waals surface area contributed by atoms with Gasteiger partial charge in [0.15, 0.2) is 16.1 Å². The van der Waals surface area contributed by atoms with Gasteiger partial charge in [0.2, 0.25) is 0 Å². The standard InChI is InChI=1S/C11H9ClN2O3S/c1-18(16,17)9-5-13-14(6-9)11-8(7-15)3-2-4-10(11)12/h2-7H,1H3. The lowest BCUT2D eigenvalue weighted by Crippen LogP contribution is -2.01. The Kier molecular flexibility index (Phi) is 3.23. The molecule has 94 valence electrons. The minimum Gasteiger partial charge on any atom is -0.298 e. The van der Waals surface area contributed by atoms with E-state index in [-0.39, 0.29) is 4.90 Å². The Hall–Kier alpha value is -1.66. The molecule has 1 aromatic heterocycles. The van der Waals surface area contributed by atoms with E-state index >= 15 is 0 Å². The number of halogens is 1. The SMILES string of the molecule is CS(=O)(=O)c1cnn(-c2c(Cl)cccc2C=O)c1. The van der Waals surface area contributed by atoms with Gasteiger partial charge in [-0.2, -0.15) is 5.10 Å². The van der Waals surface area contributed by atoms with Crippen molar-refractivity contribution in [3.8, 4) is 5.69 Å². The zero-order valence-corrected chi connectivity index (χ0v) is 10.9. The molecule has 2 aromatic rings. The van der Waals surface area contributed by atoms with Crippen molar-refractivity contribution in [2.45, 2.75) is 4.90 Å². The predicted molar refractivity (Wildman–Crippen MR) is 67.1 cm³/mol. The van der Waals surface area contributed by atoms with Gasteiger partial charge >= 0.3 is 0 Å². The molecule has 0 aliphatic rings. The van der Waals surface area contributed by atoms with E-state index in [1.54, 1.807) is 18.2 Å². The molecule has 7 heteroatoms. The second-order valence-corrected chi connectivity index (χ2v) is 6.11. The van der Waals surface area contributed by atoms with Crippen molar-refractivity contribution in [3.63, 3.8) is 0 Å². The first-order valence-corrected chi connectivity index (χ1v) is 7.19. The van der Waals surface area contributed by atoms with Crippen LogP contribution in [-0.4, -0.2) is 30.7 Å². The normalized spacial score (nSPS) is 11.4. The molecule has 0 saturated carbocycles. The fraction of sp³-hybridized carbons (Fsp3) is 0.0909. The molecule has 0 saturated heterocycles. The Morgan fingerprint density at radius 3 is 2.67 bits per heavy atom. The number of sulfone groups is 1. The number of hydrogen-bond acceptors (Lipinski definition) is 4. The summed E-state index contributed by atoms with van der Waals surface area (Å²) in [5.41, 5.74) is 0.703. The van der Waals surface area contributed by atoms with E-state index in [1.807, 2.05) is 0 Å². The van der Waals surface area contributed by atoms with Crippen molar-refractivity contribution >= 4 is 27.7 Å². The van der Waals surface area contributed by atoms with Crippen molar-refractivity contribution in [2.75, 3.05) is 6.26 Å². The first kappa shape index (κ1) is 12.8. The van der Waals surface area contributed by atoms with E-state index in [0.717, 1.165) is 6.26 Å². The number of benzene rings is 1. The second-order valence-electron chi connectivity index (χ2n) is 3.69. The number of aldehydes is 1. The molecule has 5 nitrogen and oxygen atoms in total. The topological polar surface area (TPSA) is 69.0 Å². The van der Waals surface area contributed by atoms with Gasteiger partial charge in [-0.15, -0.1) is 0 Å². The van der Waals surface area contributed by atoms with Crippen molar-refractivity contribution in [1.82, 2.24) is 9.78 Å². The number of hydrogen-bond donors (Lipinski definition) is 0. The number of rotatable bonds is 3. The van der Waals surface area contributed by atoms with Crippen LogP contribution in [0.15, 0.2) is 35.5 Å². The van der Waals surface area contributed by atoms with Crippen molar-refractivity contribution in [1.29, 1.82) is 0 Å². The van der Waals surface area contributed by atoms with Crippen LogP contribution in [0.5, 0.6) is 0 Å². The van der Waals surface area contributed by atoms with Gasteiger partial charge in [-0.1, -0.05) is 17.7 Å². The molecule has 0 fully saturated rings. The highest BCUT2D eigenvalue weighted by atomic mass is 35.5. The lowest BCUT2D eigenvalue weighted by molar-refractivity contribution is 0.112. The molecule has 0 radical (unpaired) electrons. The number of carbonyl (C=O) groups is 1. The Bertz CT molecular complexity index is 707. The minimum absolute atomic E-state index is 0.0688. The third kappa shape index (κ3) is 2.30. The fourth-order valence-corrected chi connectivity index (χ4v) is 2.29. The maximum absolute atomic E-state index is 11.4. The first-order valence-electron chi connectivity index (χ1n) is 4.92. The molecule has 1 heterocycles. The third-order valence-electron chi connectivity index (χ3n) is 2.36. The highest BCUT2D eigenvalue weighted by Gasteiger charge is 2.14. The highest BCUT2D eigenvalue weighted by molar-refractivity contribution is 7.90. The smallest absolute Gasteiger partial charge is 0.178 e. The number of aromatic nitrogens is 2. The van der Waals surface area contributed by atoms with Gasteiger partial charge in [-0.25, -0.2) is 13.1 Å². The molecule has 1 aromatic carbocycles. The number of carbonyl (C=O) groups excluding carboxylic acids is 1. The van der Waals surface area contributed by atoms with Crippen LogP contribution < -0.4 is 0 Å². The van der Waals surface area contributed by atoms with E-state index in [4.69, 9.17) is 11.6 Å². The van der Waals surface area contributed by atoms with E-state index in [1.165, 1.54) is 17.1 Å². The molecule has 0 N–H and O–H groups in total. The lowest BCUT2D eigenvalue weighted by Gasteiger charge is -2.06. The number of nitrogens with zero attached hydrogens (tertiary/aromatic N) is 2. The Morgan fingerprint density at radius 2 is 2.11 bits per heavy atom. The maximum Gasteiger partial charge on any atom is 0.178 e. The quantitative estimate of drug-likeness (QED) is 0.805. The van der Waals surface area contributed by atoms with Gasteiger partial charge in [0.1, 0.15) is 4.90 Å². The summed E-state index contributed by atoms with van der Waals surface area (Å²) < 4.78 is 24.0. The van der Waals surface area contributed by atoms with E-state index < -0.39 is 9.84 Å². The molecule has 0 atom stereocenters. The van der Waals surface area contributed by atoms with Crippen molar-refractivity contribution < 1.29 is 13.2 Å². The van der Waals surface area contributed by atoms with Gasteiger partial charge < -0.3 is 0 Å². The van der Waals surface area contributed by atoms with Gasteiger partial charge in [0.05, 0.1) is 16.9 Å². The molecule has 0 aliphatic carbocycles. The highest BCUT2D eigenvalue weighted by Crippen LogP contribution is 2.23. The third-order valence-corrected chi connectivity index (χ3v) is 3.73. The lowest BCUT2D eigenvalue weighted by atomic mass is 10.2. The van der Waals surface area contributed by atoms with Crippen LogP contribution >= 0.6 is 11.6 Å². The molecule has 0 spiro atoms. The largest absolute Gasteiger partial charge is 0.298 e. The van der Waals surface area contributed by atoms with Crippen LogP contribution in [-0.2, 0) is 9.84 Å². The van der Waals surface area contributed by atoms with Crippen LogP contribution in [0.2, 0.25) is 5.02 Å². The second kappa shape index (κ2) is 4.55. The van der Waals surface area contributed by atoms with Crippen molar-refractivity contribution in [2.24, 2.45) is 0 Å². The monoisotopic (exact) mass is 284 g/mol. The van der Waals surface area contributed by atoms with E-state index in [2.05, 4.69) is 5.10 Å². The zero-order valence-electron chi connectivity index (χ0n) is 9.37. The molecule has 0 bridgehead atoms. The summed E-state index contributed by atoms with van der Waals surface area (Å²) >= 11 is 6.00. The Labute approximate surface area is 109 Å². The van der Waals surface area contributed by atoms with Gasteiger partial charge in [-0.05, 0) is 12.1 Å². The van der Waals surface area contributed by atoms with Crippen LogP contribution in [0, 0.1) is 0 Å². The van der Waals surface area contributed by atoms with Crippen molar-refractivity contribution in [3.05, 3.63) is 41.2 Å². The maximum atomic E-state index is 11.4. The van der Waals surface area contributed by atoms with Crippen LogP contribution in [0.25, 0.3) is 5.69 Å². The molecule has 2 rings (SSSR count). The Morgan fingerprint density at radius 1 is 1.39 bits per heavy atom. The molecular formula is C11H9ClN2O3S. The summed E-state index contributed by atoms with van der Waals surface area (Å²) in [6.07, 6.45) is 4.27. The summed E-state index contributed by atoms with van der Waals surface area (Å²) in [4.78, 5) is 11.0. The van der Waals surface area contributed by atoms with Crippen LogP contribution in [0.1, 0.15) is 10.4 Å². The Balaban J connectivity index is 2.63. The van der Waals surface area contributed by atoms with E-state index in [9.17, 15) is 13.2 Å². The zero-order chi connectivity index (χ0) is 13.3. The number of para-hydroxylation sites is 1. The molecule has 0 amide bonds. The summed E-state index contributed by atoms with van der Waals surface area (Å²) in [5, 5.41) is 4.24. The summed E-state index contributed by atoms with van der Waals surface area (Å²) in [6, 6.07) is 4.82. The molecule has 18 heavy (non-hydrogen) atoms. The summed E-state index contributed by atoms with van der Waals surface area (Å²) in [5.74, 6) is 0. The van der Waals surface area contributed by atoms with Gasteiger partial charge in [-0.3, -0.25) is 4.79 Å². The summed E-state index contributed by atoms with van der Waals surface area (Å²) in [7, 11) is -3.34. The van der Waals surface area contributed by atoms with Crippen LogP contribution in [0.4, 0.5) is 0 Å². The first-order chi connectivity index (χ1) is 8.43. The van der Waals surface area contributed by atoms with Gasteiger partial charge in [0, 0.05) is 18.0 Å². The van der Waals surface area contributed by atoms with E-state index in [0.29, 0.717) is 22.6 Å². The summed E-state index contributed by atoms with van der Waals surface area (Å²) in [6.45, 7) is 0.